The van der Waals surface area contributed by atoms with Crippen molar-refractivity contribution >= 4 is 37.5 Å². The molecule has 0 bridgehead atoms. The Labute approximate surface area is 144 Å². The van der Waals surface area contributed by atoms with Gasteiger partial charge in [-0.2, -0.15) is 0 Å². The highest BCUT2D eigenvalue weighted by Gasteiger charge is 2.18. The van der Waals surface area contributed by atoms with Crippen LogP contribution in [0.15, 0.2) is 51.8 Å². The Morgan fingerprint density at radius 2 is 1.83 bits per heavy atom. The number of nitrogens with one attached hydrogen (secondary N) is 2. The molecule has 0 fully saturated rings. The lowest BCUT2D eigenvalue weighted by Gasteiger charge is -2.11. The summed E-state index contributed by atoms with van der Waals surface area (Å²) >= 11 is 3.19. The van der Waals surface area contributed by atoms with Crippen LogP contribution in [0, 0.1) is 13.8 Å². The van der Waals surface area contributed by atoms with Gasteiger partial charge in [-0.05, 0) is 53.5 Å². The van der Waals surface area contributed by atoms with E-state index in [0.29, 0.717) is 10.2 Å². The zero-order valence-electron chi connectivity index (χ0n) is 12.8. The van der Waals surface area contributed by atoms with Gasteiger partial charge in [0.05, 0.1) is 11.4 Å². The first-order valence-corrected chi connectivity index (χ1v) is 9.18. The van der Waals surface area contributed by atoms with E-state index in [9.17, 15) is 13.2 Å². The second-order valence-electron chi connectivity index (χ2n) is 5.12. The van der Waals surface area contributed by atoms with Crippen LogP contribution in [0.25, 0.3) is 0 Å². The van der Waals surface area contributed by atoms with Crippen molar-refractivity contribution in [2.75, 3.05) is 11.9 Å². The third kappa shape index (κ3) is 4.63. The number of carbonyl (C=O) groups is 1. The standard InChI is InChI=1S/C16H17BrN2O3S/c1-11-7-8-14(12(2)9-11)19-16(20)10-18-23(21,22)15-6-4-3-5-13(15)17/h3-9,18H,10H2,1-2H3,(H,19,20). The van der Waals surface area contributed by atoms with E-state index in [4.69, 9.17) is 0 Å². The molecule has 0 atom stereocenters. The Balaban J connectivity index is 2.03. The second kappa shape index (κ2) is 7.25. The van der Waals surface area contributed by atoms with Crippen LogP contribution >= 0.6 is 15.9 Å². The Morgan fingerprint density at radius 1 is 1.13 bits per heavy atom. The fourth-order valence-electron chi connectivity index (χ4n) is 2.05. The smallest absolute Gasteiger partial charge is 0.242 e. The fraction of sp³-hybridized carbons (Fsp3) is 0.188. The summed E-state index contributed by atoms with van der Waals surface area (Å²) in [5.74, 6) is -0.424. The highest BCUT2D eigenvalue weighted by atomic mass is 79.9. The van der Waals surface area contributed by atoms with Crippen LogP contribution in [0.4, 0.5) is 5.69 Å². The molecule has 0 radical (unpaired) electrons. The van der Waals surface area contributed by atoms with Gasteiger partial charge in [-0.3, -0.25) is 4.79 Å². The van der Waals surface area contributed by atoms with Gasteiger partial charge in [0.2, 0.25) is 15.9 Å². The van der Waals surface area contributed by atoms with Gasteiger partial charge in [0, 0.05) is 10.2 Å². The van der Waals surface area contributed by atoms with Gasteiger partial charge in [0.25, 0.3) is 0 Å². The monoisotopic (exact) mass is 396 g/mol. The molecule has 0 spiro atoms. The minimum atomic E-state index is -3.75. The highest BCUT2D eigenvalue weighted by molar-refractivity contribution is 9.10. The number of benzene rings is 2. The summed E-state index contributed by atoms with van der Waals surface area (Å²) in [5.41, 5.74) is 2.68. The molecule has 7 heteroatoms. The minimum absolute atomic E-state index is 0.0966. The average Bonchev–Trinajstić information content (AvgIpc) is 2.48. The molecular formula is C16H17BrN2O3S. The fourth-order valence-corrected chi connectivity index (χ4v) is 4.03. The number of halogens is 1. The predicted molar refractivity (Wildman–Crippen MR) is 93.9 cm³/mol. The Kier molecular flexibility index (Phi) is 5.56. The Bertz CT molecular complexity index is 835. The topological polar surface area (TPSA) is 75.3 Å². The lowest BCUT2D eigenvalue weighted by molar-refractivity contribution is -0.115. The van der Waals surface area contributed by atoms with Gasteiger partial charge in [-0.1, -0.05) is 29.8 Å². The van der Waals surface area contributed by atoms with E-state index in [1.54, 1.807) is 24.3 Å². The van der Waals surface area contributed by atoms with Crippen LogP contribution in [0.2, 0.25) is 0 Å². The summed E-state index contributed by atoms with van der Waals surface area (Å²) < 4.78 is 27.1. The third-order valence-electron chi connectivity index (χ3n) is 3.20. The average molecular weight is 397 g/mol. The molecule has 0 aliphatic carbocycles. The lowest BCUT2D eigenvalue weighted by Crippen LogP contribution is -2.33. The van der Waals surface area contributed by atoms with E-state index in [0.717, 1.165) is 11.1 Å². The number of hydrogen-bond acceptors (Lipinski definition) is 3. The van der Waals surface area contributed by atoms with Crippen molar-refractivity contribution < 1.29 is 13.2 Å². The summed E-state index contributed by atoms with van der Waals surface area (Å²) in [7, 11) is -3.75. The number of rotatable bonds is 5. The summed E-state index contributed by atoms with van der Waals surface area (Å²) in [4.78, 5) is 12.1. The van der Waals surface area contributed by atoms with Crippen molar-refractivity contribution in [2.45, 2.75) is 18.7 Å². The van der Waals surface area contributed by atoms with Gasteiger partial charge in [-0.25, -0.2) is 13.1 Å². The predicted octanol–water partition coefficient (Wildman–Crippen LogP) is 2.98. The maximum atomic E-state index is 12.2. The van der Waals surface area contributed by atoms with Gasteiger partial charge in [0.15, 0.2) is 0 Å². The number of hydrogen-bond donors (Lipinski definition) is 2. The molecule has 0 unspecified atom stereocenters. The third-order valence-corrected chi connectivity index (χ3v) is 5.62. The van der Waals surface area contributed by atoms with Gasteiger partial charge >= 0.3 is 0 Å². The molecule has 0 heterocycles. The maximum Gasteiger partial charge on any atom is 0.242 e. The molecule has 122 valence electrons. The van der Waals surface area contributed by atoms with Crippen LogP contribution in [-0.2, 0) is 14.8 Å². The highest BCUT2D eigenvalue weighted by Crippen LogP contribution is 2.20. The summed E-state index contributed by atoms with van der Waals surface area (Å²) in [6.07, 6.45) is 0. The van der Waals surface area contributed by atoms with Crippen molar-refractivity contribution in [1.29, 1.82) is 0 Å². The van der Waals surface area contributed by atoms with E-state index in [1.165, 1.54) is 6.07 Å². The van der Waals surface area contributed by atoms with Gasteiger partial charge < -0.3 is 5.32 Å². The summed E-state index contributed by atoms with van der Waals surface area (Å²) in [6.45, 7) is 3.51. The Hall–Kier alpha value is -1.70. The van der Waals surface area contributed by atoms with Crippen LogP contribution < -0.4 is 10.0 Å². The van der Waals surface area contributed by atoms with Crippen molar-refractivity contribution in [2.24, 2.45) is 0 Å². The van der Waals surface area contributed by atoms with Crippen molar-refractivity contribution in [1.82, 2.24) is 4.72 Å². The summed E-state index contributed by atoms with van der Waals surface area (Å²) in [5, 5.41) is 2.70. The number of sulfonamides is 1. The molecule has 0 saturated heterocycles. The van der Waals surface area contributed by atoms with Crippen molar-refractivity contribution in [3.63, 3.8) is 0 Å². The molecular weight excluding hydrogens is 380 g/mol. The van der Waals surface area contributed by atoms with Crippen molar-refractivity contribution in [3.05, 3.63) is 58.1 Å². The van der Waals surface area contributed by atoms with Crippen LogP contribution in [-0.4, -0.2) is 20.9 Å². The molecule has 0 aliphatic heterocycles. The number of aryl methyl sites for hydroxylation is 2. The van der Waals surface area contributed by atoms with E-state index < -0.39 is 15.9 Å². The summed E-state index contributed by atoms with van der Waals surface area (Å²) in [6, 6.07) is 12.1. The van der Waals surface area contributed by atoms with Crippen LogP contribution in [0.3, 0.4) is 0 Å². The molecule has 2 N–H and O–H groups in total. The number of amides is 1. The SMILES string of the molecule is Cc1ccc(NC(=O)CNS(=O)(=O)c2ccccc2Br)c(C)c1. The lowest BCUT2D eigenvalue weighted by atomic mass is 10.1. The molecule has 2 aromatic rings. The first-order chi connectivity index (χ1) is 10.8. The van der Waals surface area contributed by atoms with Crippen LogP contribution in [0.1, 0.15) is 11.1 Å². The maximum absolute atomic E-state index is 12.2. The molecule has 5 nitrogen and oxygen atoms in total. The molecule has 0 saturated carbocycles. The molecule has 1 amide bonds. The van der Waals surface area contributed by atoms with Gasteiger partial charge in [-0.15, -0.1) is 0 Å². The normalized spacial score (nSPS) is 11.3. The number of carbonyl (C=O) groups excluding carboxylic acids is 1. The largest absolute Gasteiger partial charge is 0.325 e. The minimum Gasteiger partial charge on any atom is -0.325 e. The van der Waals surface area contributed by atoms with E-state index in [-0.39, 0.29) is 11.4 Å². The molecule has 23 heavy (non-hydrogen) atoms. The first kappa shape index (κ1) is 17.7. The zero-order chi connectivity index (χ0) is 17.0. The first-order valence-electron chi connectivity index (χ1n) is 6.91. The molecule has 0 aromatic heterocycles. The molecule has 2 rings (SSSR count). The van der Waals surface area contributed by atoms with Crippen LogP contribution in [0.5, 0.6) is 0 Å². The molecule has 2 aromatic carbocycles. The Morgan fingerprint density at radius 3 is 2.48 bits per heavy atom. The van der Waals surface area contributed by atoms with E-state index in [1.807, 2.05) is 26.0 Å². The number of anilines is 1. The van der Waals surface area contributed by atoms with E-state index >= 15 is 0 Å². The van der Waals surface area contributed by atoms with Gasteiger partial charge in [0.1, 0.15) is 0 Å². The molecule has 0 aliphatic rings. The quantitative estimate of drug-likeness (QED) is 0.815. The van der Waals surface area contributed by atoms with E-state index in [2.05, 4.69) is 26.0 Å². The van der Waals surface area contributed by atoms with Crippen molar-refractivity contribution in [3.8, 4) is 0 Å². The second-order valence-corrected chi connectivity index (χ2v) is 7.71. The zero-order valence-corrected chi connectivity index (χ0v) is 15.2.